The van der Waals surface area contributed by atoms with Gasteiger partial charge in [0.05, 0.1) is 29.8 Å². The Morgan fingerprint density at radius 3 is 2.93 bits per heavy atom. The Kier molecular flexibility index (Phi) is 4.20. The Morgan fingerprint density at radius 1 is 1.21 bits per heavy atom. The van der Waals surface area contributed by atoms with Crippen molar-refractivity contribution in [3.63, 3.8) is 0 Å². The highest BCUT2D eigenvalue weighted by atomic mass is 16.4. The first-order chi connectivity index (χ1) is 14.2. The maximum Gasteiger partial charge on any atom is 0.291 e. The van der Waals surface area contributed by atoms with Crippen LogP contribution in [0.3, 0.4) is 0 Å². The molecule has 4 aromatic heterocycles. The van der Waals surface area contributed by atoms with E-state index in [1.807, 2.05) is 29.8 Å². The van der Waals surface area contributed by atoms with E-state index < -0.39 is 0 Å². The minimum Gasteiger partial charge on any atom is -0.455 e. The lowest BCUT2D eigenvalue weighted by Gasteiger charge is -2.09. The van der Waals surface area contributed by atoms with Gasteiger partial charge in [-0.3, -0.25) is 19.4 Å². The summed E-state index contributed by atoms with van der Waals surface area (Å²) in [6, 6.07) is 9.42. The number of carbonyl (C=O) groups is 1. The van der Waals surface area contributed by atoms with Gasteiger partial charge < -0.3 is 9.73 Å². The number of carbonyl (C=O) groups excluding carboxylic acids is 1. The van der Waals surface area contributed by atoms with Gasteiger partial charge in [-0.1, -0.05) is 6.07 Å². The number of hydrogen-bond donors (Lipinski definition) is 1. The second-order valence-electron chi connectivity index (χ2n) is 7.07. The molecule has 1 aliphatic carbocycles. The molecule has 0 aromatic carbocycles. The zero-order valence-electron chi connectivity index (χ0n) is 15.9. The highest BCUT2D eigenvalue weighted by molar-refractivity contribution is 6.04. The summed E-state index contributed by atoms with van der Waals surface area (Å²) in [6.45, 7) is 2.52. The first kappa shape index (κ1) is 17.4. The average molecular weight is 385 g/mol. The summed E-state index contributed by atoms with van der Waals surface area (Å²) in [4.78, 5) is 21.1. The molecule has 1 N–H and O–H groups in total. The zero-order chi connectivity index (χ0) is 19.8. The van der Waals surface area contributed by atoms with Gasteiger partial charge in [0.15, 0.2) is 5.76 Å². The molecular weight excluding hydrogens is 366 g/mol. The predicted molar refractivity (Wildman–Crippen MR) is 108 cm³/mol. The van der Waals surface area contributed by atoms with Crippen LogP contribution in [0.15, 0.2) is 59.5 Å². The van der Waals surface area contributed by atoms with Gasteiger partial charge in [-0.25, -0.2) is 0 Å². The van der Waals surface area contributed by atoms with Crippen molar-refractivity contribution in [2.75, 3.05) is 5.32 Å². The quantitative estimate of drug-likeness (QED) is 0.580. The molecule has 1 amide bonds. The van der Waals surface area contributed by atoms with Gasteiger partial charge in [-0.15, -0.1) is 0 Å². The third-order valence-corrected chi connectivity index (χ3v) is 5.09. The van der Waals surface area contributed by atoms with Crippen LogP contribution in [0.4, 0.5) is 5.69 Å². The Hall–Kier alpha value is -3.74. The normalized spacial score (nSPS) is 12.3. The highest BCUT2D eigenvalue weighted by Crippen LogP contribution is 2.38. The maximum atomic E-state index is 12.7. The van der Waals surface area contributed by atoms with Gasteiger partial charge in [0, 0.05) is 36.1 Å². The molecule has 7 heteroatoms. The van der Waals surface area contributed by atoms with Crippen LogP contribution in [0.1, 0.15) is 33.1 Å². The largest absolute Gasteiger partial charge is 0.455 e. The number of pyridine rings is 2. The van der Waals surface area contributed by atoms with Gasteiger partial charge in [0.1, 0.15) is 5.76 Å². The molecule has 0 spiro atoms. The van der Waals surface area contributed by atoms with E-state index in [0.717, 1.165) is 46.7 Å². The number of amides is 1. The third-order valence-electron chi connectivity index (χ3n) is 5.09. The maximum absolute atomic E-state index is 12.7. The first-order valence-electron chi connectivity index (χ1n) is 9.49. The average Bonchev–Trinajstić information content (AvgIpc) is 3.29. The van der Waals surface area contributed by atoms with Crippen LogP contribution >= 0.6 is 0 Å². The SMILES string of the molecule is Cc1c(C(=O)Nc2cccnc2)oc2c1-c1nn(Cc3ccccn3)cc1CC2. The van der Waals surface area contributed by atoms with E-state index in [1.54, 1.807) is 30.7 Å². The van der Waals surface area contributed by atoms with Crippen LogP contribution in [0.2, 0.25) is 0 Å². The predicted octanol–water partition coefficient (Wildman–Crippen LogP) is 3.64. The number of anilines is 1. The Labute approximate surface area is 167 Å². The van der Waals surface area contributed by atoms with Gasteiger partial charge in [0.25, 0.3) is 5.91 Å². The minimum absolute atomic E-state index is 0.278. The smallest absolute Gasteiger partial charge is 0.291 e. The number of hydrogen-bond acceptors (Lipinski definition) is 5. The van der Waals surface area contributed by atoms with Crippen molar-refractivity contribution in [1.82, 2.24) is 19.7 Å². The van der Waals surface area contributed by atoms with Gasteiger partial charge in [0.2, 0.25) is 0 Å². The summed E-state index contributed by atoms with van der Waals surface area (Å²) in [5.41, 5.74) is 5.38. The van der Waals surface area contributed by atoms with E-state index in [2.05, 4.69) is 21.5 Å². The molecule has 0 bridgehead atoms. The molecule has 0 atom stereocenters. The van der Waals surface area contributed by atoms with E-state index in [-0.39, 0.29) is 5.91 Å². The van der Waals surface area contributed by atoms with Crippen LogP contribution in [0.25, 0.3) is 11.3 Å². The van der Waals surface area contributed by atoms with Crippen molar-refractivity contribution in [3.05, 3.63) is 83.5 Å². The first-order valence-corrected chi connectivity index (χ1v) is 9.49. The Bertz CT molecular complexity index is 1180. The number of aryl methyl sites for hydroxylation is 2. The number of furan rings is 1. The molecule has 0 unspecified atom stereocenters. The molecule has 0 fully saturated rings. The van der Waals surface area contributed by atoms with Crippen LogP contribution < -0.4 is 5.32 Å². The fourth-order valence-electron chi connectivity index (χ4n) is 3.74. The lowest BCUT2D eigenvalue weighted by atomic mass is 9.93. The molecule has 144 valence electrons. The van der Waals surface area contributed by atoms with Gasteiger partial charge >= 0.3 is 0 Å². The van der Waals surface area contributed by atoms with E-state index in [4.69, 9.17) is 9.52 Å². The van der Waals surface area contributed by atoms with E-state index >= 15 is 0 Å². The van der Waals surface area contributed by atoms with Gasteiger partial charge in [-0.05, 0) is 43.2 Å². The molecule has 4 aromatic rings. The summed E-state index contributed by atoms with van der Waals surface area (Å²) in [7, 11) is 0. The van der Waals surface area contributed by atoms with Crippen molar-refractivity contribution in [1.29, 1.82) is 0 Å². The van der Waals surface area contributed by atoms with Crippen molar-refractivity contribution in [2.24, 2.45) is 0 Å². The molecule has 0 saturated carbocycles. The van der Waals surface area contributed by atoms with Crippen LogP contribution in [-0.4, -0.2) is 25.7 Å². The number of aromatic nitrogens is 4. The summed E-state index contributed by atoms with van der Waals surface area (Å²) in [6.07, 6.45) is 8.70. The molecule has 4 heterocycles. The minimum atomic E-state index is -0.278. The lowest BCUT2D eigenvalue weighted by Crippen LogP contribution is -2.12. The zero-order valence-corrected chi connectivity index (χ0v) is 15.9. The second kappa shape index (κ2) is 7.01. The number of nitrogens with one attached hydrogen (secondary N) is 1. The molecule has 1 aliphatic rings. The molecule has 0 radical (unpaired) electrons. The molecule has 0 saturated heterocycles. The lowest BCUT2D eigenvalue weighted by molar-refractivity contribution is 0.0994. The van der Waals surface area contributed by atoms with Crippen molar-refractivity contribution < 1.29 is 9.21 Å². The molecule has 5 rings (SSSR count). The van der Waals surface area contributed by atoms with Crippen molar-refractivity contribution in [3.8, 4) is 11.3 Å². The standard InChI is InChI=1S/C22H19N5O2/c1-14-19-18(29-21(14)22(28)25-16-6-4-9-23-11-16)8-7-15-12-27(26-20(15)19)13-17-5-2-3-10-24-17/h2-6,9-12H,7-8,13H2,1H3,(H,25,28). The Balaban J connectivity index is 1.46. The summed E-state index contributed by atoms with van der Waals surface area (Å²) in [5, 5.41) is 7.62. The summed E-state index contributed by atoms with van der Waals surface area (Å²) in [5.74, 6) is 0.861. The van der Waals surface area contributed by atoms with Crippen molar-refractivity contribution in [2.45, 2.75) is 26.3 Å². The molecule has 29 heavy (non-hydrogen) atoms. The second-order valence-corrected chi connectivity index (χ2v) is 7.07. The number of rotatable bonds is 4. The van der Waals surface area contributed by atoms with Gasteiger partial charge in [-0.2, -0.15) is 5.10 Å². The fourth-order valence-corrected chi connectivity index (χ4v) is 3.74. The number of nitrogens with zero attached hydrogens (tertiary/aromatic N) is 4. The van der Waals surface area contributed by atoms with Crippen LogP contribution in [0, 0.1) is 6.92 Å². The summed E-state index contributed by atoms with van der Waals surface area (Å²) >= 11 is 0. The fraction of sp³-hybridized carbons (Fsp3) is 0.182. The monoisotopic (exact) mass is 385 g/mol. The Morgan fingerprint density at radius 2 is 2.14 bits per heavy atom. The van der Waals surface area contributed by atoms with Crippen LogP contribution in [0.5, 0.6) is 0 Å². The molecule has 0 aliphatic heterocycles. The topological polar surface area (TPSA) is 85.8 Å². The van der Waals surface area contributed by atoms with E-state index in [1.165, 1.54) is 0 Å². The van der Waals surface area contributed by atoms with E-state index in [0.29, 0.717) is 18.0 Å². The molecule has 7 nitrogen and oxygen atoms in total. The summed E-state index contributed by atoms with van der Waals surface area (Å²) < 4.78 is 7.87. The van der Waals surface area contributed by atoms with Crippen molar-refractivity contribution >= 4 is 11.6 Å². The molecular formula is C22H19N5O2. The number of fused-ring (bicyclic) bond motifs is 3. The third kappa shape index (κ3) is 3.20. The van der Waals surface area contributed by atoms with Crippen LogP contribution in [-0.2, 0) is 19.4 Å². The van der Waals surface area contributed by atoms with E-state index in [9.17, 15) is 4.79 Å². The highest BCUT2D eigenvalue weighted by Gasteiger charge is 2.29.